The van der Waals surface area contributed by atoms with E-state index in [0.717, 1.165) is 0 Å². The van der Waals surface area contributed by atoms with E-state index in [1.807, 2.05) is 0 Å². The Morgan fingerprint density at radius 1 is 1.25 bits per heavy atom. The predicted octanol–water partition coefficient (Wildman–Crippen LogP) is 3.20. The highest BCUT2D eigenvalue weighted by Gasteiger charge is 2.01. The summed E-state index contributed by atoms with van der Waals surface area (Å²) in [5.74, 6) is -0.348. The molecule has 0 atom stereocenters. The molecule has 1 aromatic carbocycles. The molecule has 2 aromatic rings. The summed E-state index contributed by atoms with van der Waals surface area (Å²) in [7, 11) is 0. The lowest BCUT2D eigenvalue weighted by Crippen LogP contribution is -1.97. The average molecular weight is 238 g/mol. The SMILES string of the molecule is Nc1ccc(F)cc1Nc1ccc(Cl)nc1. The highest BCUT2D eigenvalue weighted by molar-refractivity contribution is 6.29. The van der Waals surface area contributed by atoms with Crippen molar-refractivity contribution >= 4 is 28.7 Å². The van der Waals surface area contributed by atoms with Gasteiger partial charge in [0.25, 0.3) is 0 Å². The topological polar surface area (TPSA) is 50.9 Å². The molecule has 0 saturated carbocycles. The molecule has 0 radical (unpaired) electrons. The van der Waals surface area contributed by atoms with Crippen LogP contribution in [0.4, 0.5) is 21.5 Å². The first-order chi connectivity index (χ1) is 7.65. The molecule has 0 saturated heterocycles. The van der Waals surface area contributed by atoms with Gasteiger partial charge in [0.15, 0.2) is 0 Å². The zero-order chi connectivity index (χ0) is 11.5. The first-order valence-corrected chi connectivity index (χ1v) is 4.96. The molecular weight excluding hydrogens is 229 g/mol. The summed E-state index contributed by atoms with van der Waals surface area (Å²) in [6.45, 7) is 0. The minimum absolute atomic E-state index is 0.348. The summed E-state index contributed by atoms with van der Waals surface area (Å²) >= 11 is 5.65. The van der Waals surface area contributed by atoms with Gasteiger partial charge in [0.2, 0.25) is 0 Å². The fraction of sp³-hybridized carbons (Fsp3) is 0. The monoisotopic (exact) mass is 237 g/mol. The van der Waals surface area contributed by atoms with E-state index in [9.17, 15) is 4.39 Å². The smallest absolute Gasteiger partial charge is 0.129 e. The molecule has 0 aliphatic carbocycles. The molecule has 0 fully saturated rings. The van der Waals surface area contributed by atoms with Crippen LogP contribution in [0, 0.1) is 5.82 Å². The van der Waals surface area contributed by atoms with Crippen LogP contribution in [0.2, 0.25) is 5.15 Å². The van der Waals surface area contributed by atoms with Crippen molar-refractivity contribution in [3.8, 4) is 0 Å². The van der Waals surface area contributed by atoms with Gasteiger partial charge in [-0.2, -0.15) is 0 Å². The van der Waals surface area contributed by atoms with E-state index >= 15 is 0 Å². The van der Waals surface area contributed by atoms with E-state index in [0.29, 0.717) is 22.2 Å². The predicted molar refractivity (Wildman–Crippen MR) is 63.3 cm³/mol. The standard InChI is InChI=1S/C11H9ClFN3/c12-11-4-2-8(6-15-11)16-10-5-7(13)1-3-9(10)14/h1-6,16H,14H2. The first-order valence-electron chi connectivity index (χ1n) is 4.59. The number of anilines is 3. The van der Waals surface area contributed by atoms with E-state index in [2.05, 4.69) is 10.3 Å². The largest absolute Gasteiger partial charge is 0.397 e. The second-order valence-corrected chi connectivity index (χ2v) is 3.61. The third-order valence-corrected chi connectivity index (χ3v) is 2.25. The maximum atomic E-state index is 13.0. The van der Waals surface area contributed by atoms with Gasteiger partial charge in [-0.1, -0.05) is 11.6 Å². The molecule has 5 heteroatoms. The Hall–Kier alpha value is -1.81. The Labute approximate surface area is 97.1 Å². The van der Waals surface area contributed by atoms with Crippen LogP contribution in [-0.2, 0) is 0 Å². The number of aromatic nitrogens is 1. The average Bonchev–Trinajstić information content (AvgIpc) is 2.27. The van der Waals surface area contributed by atoms with Crippen molar-refractivity contribution in [2.24, 2.45) is 0 Å². The molecule has 0 bridgehead atoms. The fourth-order valence-electron chi connectivity index (χ4n) is 1.24. The van der Waals surface area contributed by atoms with Crippen LogP contribution in [0.15, 0.2) is 36.5 Å². The lowest BCUT2D eigenvalue weighted by molar-refractivity contribution is 0.628. The molecule has 1 heterocycles. The van der Waals surface area contributed by atoms with Crippen molar-refractivity contribution in [2.45, 2.75) is 0 Å². The quantitative estimate of drug-likeness (QED) is 0.623. The van der Waals surface area contributed by atoms with E-state index in [4.69, 9.17) is 17.3 Å². The van der Waals surface area contributed by atoms with Gasteiger partial charge in [-0.05, 0) is 30.3 Å². The highest BCUT2D eigenvalue weighted by atomic mass is 35.5. The Morgan fingerprint density at radius 3 is 2.75 bits per heavy atom. The lowest BCUT2D eigenvalue weighted by atomic mass is 10.2. The molecule has 82 valence electrons. The molecule has 0 unspecified atom stereocenters. The van der Waals surface area contributed by atoms with Gasteiger partial charge < -0.3 is 11.1 Å². The number of pyridine rings is 1. The molecule has 3 nitrogen and oxygen atoms in total. The van der Waals surface area contributed by atoms with Crippen molar-refractivity contribution in [3.63, 3.8) is 0 Å². The van der Waals surface area contributed by atoms with E-state index in [1.54, 1.807) is 18.3 Å². The number of hydrogen-bond acceptors (Lipinski definition) is 3. The van der Waals surface area contributed by atoms with Gasteiger partial charge >= 0.3 is 0 Å². The lowest BCUT2D eigenvalue weighted by Gasteiger charge is -2.08. The van der Waals surface area contributed by atoms with Gasteiger partial charge in [0.05, 0.1) is 23.3 Å². The molecule has 3 N–H and O–H groups in total. The molecule has 0 spiro atoms. The van der Waals surface area contributed by atoms with Crippen LogP contribution in [0.25, 0.3) is 0 Å². The number of benzene rings is 1. The maximum absolute atomic E-state index is 13.0. The second-order valence-electron chi connectivity index (χ2n) is 3.23. The summed E-state index contributed by atoms with van der Waals surface area (Å²) in [6.07, 6.45) is 1.55. The van der Waals surface area contributed by atoms with Gasteiger partial charge in [0.1, 0.15) is 11.0 Å². The van der Waals surface area contributed by atoms with Gasteiger partial charge in [-0.3, -0.25) is 0 Å². The molecule has 0 aliphatic heterocycles. The third kappa shape index (κ3) is 2.41. The summed E-state index contributed by atoms with van der Waals surface area (Å²) in [6, 6.07) is 7.50. The molecule has 0 aliphatic rings. The van der Waals surface area contributed by atoms with Crippen LogP contribution < -0.4 is 11.1 Å². The van der Waals surface area contributed by atoms with Crippen molar-refractivity contribution < 1.29 is 4.39 Å². The number of halogens is 2. The van der Waals surface area contributed by atoms with Crippen LogP contribution in [0.1, 0.15) is 0 Å². The molecule has 0 amide bonds. The number of hydrogen-bond donors (Lipinski definition) is 2. The van der Waals surface area contributed by atoms with E-state index in [-0.39, 0.29) is 5.82 Å². The minimum Gasteiger partial charge on any atom is -0.397 e. The van der Waals surface area contributed by atoms with Crippen LogP contribution in [0.3, 0.4) is 0 Å². The van der Waals surface area contributed by atoms with E-state index in [1.165, 1.54) is 18.2 Å². The zero-order valence-corrected chi connectivity index (χ0v) is 9.00. The van der Waals surface area contributed by atoms with Gasteiger partial charge in [0, 0.05) is 0 Å². The number of nitrogens with one attached hydrogen (secondary N) is 1. The highest BCUT2D eigenvalue weighted by Crippen LogP contribution is 2.23. The third-order valence-electron chi connectivity index (χ3n) is 2.02. The molecular formula is C11H9ClFN3. The summed E-state index contributed by atoms with van der Waals surface area (Å²) < 4.78 is 13.0. The normalized spacial score (nSPS) is 10.1. The first kappa shape index (κ1) is 10.7. The van der Waals surface area contributed by atoms with Crippen molar-refractivity contribution in [1.82, 2.24) is 4.98 Å². The minimum atomic E-state index is -0.348. The maximum Gasteiger partial charge on any atom is 0.129 e. The van der Waals surface area contributed by atoms with E-state index < -0.39 is 0 Å². The van der Waals surface area contributed by atoms with Crippen LogP contribution >= 0.6 is 11.6 Å². The number of nitrogens with two attached hydrogens (primary N) is 1. The van der Waals surface area contributed by atoms with Crippen LogP contribution in [0.5, 0.6) is 0 Å². The second kappa shape index (κ2) is 4.37. The van der Waals surface area contributed by atoms with Gasteiger partial charge in [-0.15, -0.1) is 0 Å². The summed E-state index contributed by atoms with van der Waals surface area (Å²) in [5.41, 5.74) is 7.36. The van der Waals surface area contributed by atoms with Crippen molar-refractivity contribution in [3.05, 3.63) is 47.5 Å². The number of nitrogen functional groups attached to an aromatic ring is 1. The molecule has 16 heavy (non-hydrogen) atoms. The fourth-order valence-corrected chi connectivity index (χ4v) is 1.35. The zero-order valence-electron chi connectivity index (χ0n) is 8.24. The van der Waals surface area contributed by atoms with Gasteiger partial charge in [-0.25, -0.2) is 9.37 Å². The number of rotatable bonds is 2. The van der Waals surface area contributed by atoms with Crippen LogP contribution in [-0.4, -0.2) is 4.98 Å². The number of nitrogens with zero attached hydrogens (tertiary/aromatic N) is 1. The Balaban J connectivity index is 2.26. The molecule has 2 rings (SSSR count). The summed E-state index contributed by atoms with van der Waals surface area (Å²) in [5, 5.41) is 3.35. The van der Waals surface area contributed by atoms with Crippen molar-refractivity contribution in [1.29, 1.82) is 0 Å². The Morgan fingerprint density at radius 2 is 2.06 bits per heavy atom. The Kier molecular flexibility index (Phi) is 2.92. The Bertz CT molecular complexity index is 499. The molecule has 1 aromatic heterocycles. The van der Waals surface area contributed by atoms with Crippen molar-refractivity contribution in [2.75, 3.05) is 11.1 Å². The summed E-state index contributed by atoms with van der Waals surface area (Å²) in [4.78, 5) is 3.90.